The minimum atomic E-state index is -0.280. The van der Waals surface area contributed by atoms with E-state index in [1.54, 1.807) is 4.68 Å². The van der Waals surface area contributed by atoms with Gasteiger partial charge in [0.2, 0.25) is 0 Å². The second-order valence-electron chi connectivity index (χ2n) is 7.98. The quantitative estimate of drug-likeness (QED) is 0.392. The fourth-order valence-electron chi connectivity index (χ4n) is 3.87. The monoisotopic (exact) mass is 437 g/mol. The van der Waals surface area contributed by atoms with Gasteiger partial charge in [-0.05, 0) is 61.7 Å². The molecule has 0 saturated carbocycles. The molecule has 1 N–H and O–H groups in total. The van der Waals surface area contributed by atoms with E-state index in [0.29, 0.717) is 17.9 Å². The maximum absolute atomic E-state index is 13.0. The summed E-state index contributed by atoms with van der Waals surface area (Å²) in [7, 11) is 0. The van der Waals surface area contributed by atoms with E-state index in [-0.39, 0.29) is 5.91 Å². The average molecular weight is 438 g/mol. The Kier molecular flexibility index (Phi) is 5.22. The molecule has 1 amide bonds. The first kappa shape index (κ1) is 20.6. The Hall–Kier alpha value is -4.26. The van der Waals surface area contributed by atoms with Crippen molar-refractivity contribution < 1.29 is 9.32 Å². The number of carbonyl (C=O) groups is 1. The third kappa shape index (κ3) is 3.78. The molecule has 0 fully saturated rings. The molecule has 0 unspecified atom stereocenters. The number of carbonyl (C=O) groups excluding carboxylic acids is 1. The average Bonchev–Trinajstić information content (AvgIpc) is 3.45. The number of anilines is 1. The highest BCUT2D eigenvalue weighted by atomic mass is 16.5. The van der Waals surface area contributed by atoms with Crippen LogP contribution in [0.3, 0.4) is 0 Å². The van der Waals surface area contributed by atoms with Gasteiger partial charge in [-0.2, -0.15) is 0 Å². The molecule has 2 aromatic heterocycles. The second-order valence-corrected chi connectivity index (χ2v) is 7.98. The van der Waals surface area contributed by atoms with Crippen LogP contribution in [0.1, 0.15) is 34.2 Å². The molecule has 0 saturated heterocycles. The summed E-state index contributed by atoms with van der Waals surface area (Å²) < 4.78 is 7.32. The molecule has 2 heterocycles. The van der Waals surface area contributed by atoms with Crippen molar-refractivity contribution in [2.24, 2.45) is 0 Å². The number of hydrogen-bond acceptors (Lipinski definition) is 5. The van der Waals surface area contributed by atoms with E-state index >= 15 is 0 Å². The van der Waals surface area contributed by atoms with Gasteiger partial charge in [0.15, 0.2) is 11.5 Å². The summed E-state index contributed by atoms with van der Waals surface area (Å²) in [5.74, 6) is 0.413. The zero-order valence-corrected chi connectivity index (χ0v) is 18.7. The van der Waals surface area contributed by atoms with Gasteiger partial charge in [0.25, 0.3) is 5.91 Å². The lowest BCUT2D eigenvalue weighted by atomic mass is 10.1. The predicted molar refractivity (Wildman–Crippen MR) is 128 cm³/mol. The van der Waals surface area contributed by atoms with Crippen LogP contribution in [0.2, 0.25) is 0 Å². The van der Waals surface area contributed by atoms with Crippen molar-refractivity contribution in [3.63, 3.8) is 0 Å². The number of hydrogen-bond donors (Lipinski definition) is 1. The zero-order chi connectivity index (χ0) is 22.9. The number of nitrogens with one attached hydrogen (secondary N) is 1. The minimum Gasteiger partial charge on any atom is -0.355 e. The third-order valence-corrected chi connectivity index (χ3v) is 5.82. The number of aryl methyl sites for hydroxylation is 2. The van der Waals surface area contributed by atoms with Crippen molar-refractivity contribution in [3.8, 4) is 17.0 Å². The molecular formula is C26H23N5O2. The fourth-order valence-corrected chi connectivity index (χ4v) is 3.87. The van der Waals surface area contributed by atoms with Gasteiger partial charge in [-0.1, -0.05) is 53.7 Å². The van der Waals surface area contributed by atoms with Gasteiger partial charge >= 0.3 is 0 Å². The lowest BCUT2D eigenvalue weighted by molar-refractivity contribution is 0.102. The van der Waals surface area contributed by atoms with Gasteiger partial charge in [-0.25, -0.2) is 4.68 Å². The van der Waals surface area contributed by atoms with Crippen LogP contribution in [0.25, 0.3) is 27.9 Å². The van der Waals surface area contributed by atoms with Gasteiger partial charge in [0.1, 0.15) is 5.52 Å². The molecule has 0 aliphatic heterocycles. The Morgan fingerprint density at radius 1 is 1.00 bits per heavy atom. The van der Waals surface area contributed by atoms with Crippen molar-refractivity contribution in [2.75, 3.05) is 5.32 Å². The molecule has 0 radical (unpaired) electrons. The summed E-state index contributed by atoms with van der Waals surface area (Å²) >= 11 is 0. The van der Waals surface area contributed by atoms with Crippen LogP contribution in [0.4, 0.5) is 5.69 Å². The molecule has 3 aromatic carbocycles. The molecule has 33 heavy (non-hydrogen) atoms. The Morgan fingerprint density at radius 3 is 2.58 bits per heavy atom. The molecule has 0 bridgehead atoms. The molecule has 0 spiro atoms. The lowest BCUT2D eigenvalue weighted by Crippen LogP contribution is -2.15. The standard InChI is InChI=1S/C26H23N5O2/c1-4-23-24(26(32)27-19-11-10-16(2)17(3)14-19)28-30-31(23)20-12-13-22-21(15-20)25(33-29-22)18-8-6-5-7-9-18/h5-15H,4H2,1-3H3,(H,27,32). The van der Waals surface area contributed by atoms with E-state index in [4.69, 9.17) is 4.52 Å². The molecule has 164 valence electrons. The largest absolute Gasteiger partial charge is 0.355 e. The molecule has 0 atom stereocenters. The first-order valence-electron chi connectivity index (χ1n) is 10.8. The van der Waals surface area contributed by atoms with E-state index in [2.05, 4.69) is 20.8 Å². The van der Waals surface area contributed by atoms with Crippen LogP contribution in [0, 0.1) is 13.8 Å². The fraction of sp³-hybridized carbons (Fsp3) is 0.154. The summed E-state index contributed by atoms with van der Waals surface area (Å²) in [6.07, 6.45) is 0.593. The number of benzene rings is 3. The molecule has 0 aliphatic rings. The summed E-state index contributed by atoms with van der Waals surface area (Å²) in [4.78, 5) is 13.0. The topological polar surface area (TPSA) is 85.8 Å². The van der Waals surface area contributed by atoms with Crippen molar-refractivity contribution >= 4 is 22.5 Å². The third-order valence-electron chi connectivity index (χ3n) is 5.82. The highest BCUT2D eigenvalue weighted by molar-refractivity contribution is 6.03. The number of amides is 1. The first-order chi connectivity index (χ1) is 16.0. The van der Waals surface area contributed by atoms with E-state index in [0.717, 1.165) is 39.1 Å². The van der Waals surface area contributed by atoms with Crippen LogP contribution in [-0.2, 0) is 6.42 Å². The number of fused-ring (bicyclic) bond motifs is 1. The Labute approximate surface area is 191 Å². The van der Waals surface area contributed by atoms with Crippen LogP contribution < -0.4 is 5.32 Å². The van der Waals surface area contributed by atoms with E-state index in [1.165, 1.54) is 5.56 Å². The zero-order valence-electron chi connectivity index (χ0n) is 18.7. The lowest BCUT2D eigenvalue weighted by Gasteiger charge is -2.08. The first-order valence-corrected chi connectivity index (χ1v) is 10.8. The van der Waals surface area contributed by atoms with Gasteiger partial charge in [0.05, 0.1) is 16.8 Å². The van der Waals surface area contributed by atoms with Crippen LogP contribution in [-0.4, -0.2) is 26.1 Å². The minimum absolute atomic E-state index is 0.280. The summed E-state index contributed by atoms with van der Waals surface area (Å²) in [5.41, 5.74) is 6.55. The maximum atomic E-state index is 13.0. The number of aromatic nitrogens is 4. The van der Waals surface area contributed by atoms with Crippen molar-refractivity contribution in [2.45, 2.75) is 27.2 Å². The number of rotatable bonds is 5. The normalized spacial score (nSPS) is 11.1. The Bertz CT molecular complexity index is 1470. The van der Waals surface area contributed by atoms with E-state index < -0.39 is 0 Å². The predicted octanol–water partition coefficient (Wildman–Crippen LogP) is 5.51. The van der Waals surface area contributed by atoms with Crippen molar-refractivity contribution in [3.05, 3.63) is 89.2 Å². The van der Waals surface area contributed by atoms with Gasteiger partial charge in [-0.15, -0.1) is 5.10 Å². The van der Waals surface area contributed by atoms with Crippen LogP contribution in [0.15, 0.2) is 71.3 Å². The maximum Gasteiger partial charge on any atom is 0.278 e. The van der Waals surface area contributed by atoms with Gasteiger partial charge < -0.3 is 9.84 Å². The second kappa shape index (κ2) is 8.35. The smallest absolute Gasteiger partial charge is 0.278 e. The summed E-state index contributed by atoms with van der Waals surface area (Å²) in [5, 5.41) is 16.5. The molecule has 7 heteroatoms. The van der Waals surface area contributed by atoms with Crippen LogP contribution in [0.5, 0.6) is 0 Å². The number of nitrogens with zero attached hydrogens (tertiary/aromatic N) is 4. The van der Waals surface area contributed by atoms with Crippen LogP contribution >= 0.6 is 0 Å². The van der Waals surface area contributed by atoms with Gasteiger partial charge in [-0.3, -0.25) is 4.79 Å². The van der Waals surface area contributed by atoms with Crippen molar-refractivity contribution in [1.82, 2.24) is 20.2 Å². The SMILES string of the molecule is CCc1c(C(=O)Nc2ccc(C)c(C)c2)nnn1-c1ccc2noc(-c3ccccc3)c2c1. The molecule has 0 aliphatic carbocycles. The molecule has 7 nitrogen and oxygen atoms in total. The Morgan fingerprint density at radius 2 is 1.82 bits per heavy atom. The molecule has 5 aromatic rings. The summed E-state index contributed by atoms with van der Waals surface area (Å²) in [6, 6.07) is 21.4. The highest BCUT2D eigenvalue weighted by Crippen LogP contribution is 2.30. The Balaban J connectivity index is 1.51. The van der Waals surface area contributed by atoms with Gasteiger partial charge in [0, 0.05) is 11.3 Å². The molecule has 5 rings (SSSR count). The van der Waals surface area contributed by atoms with E-state index in [1.807, 2.05) is 87.5 Å². The molecular weight excluding hydrogens is 414 g/mol. The summed E-state index contributed by atoms with van der Waals surface area (Å²) in [6.45, 7) is 6.04. The van der Waals surface area contributed by atoms with E-state index in [9.17, 15) is 4.79 Å². The highest BCUT2D eigenvalue weighted by Gasteiger charge is 2.21. The van der Waals surface area contributed by atoms with Crippen molar-refractivity contribution in [1.29, 1.82) is 0 Å².